The van der Waals surface area contributed by atoms with Crippen LogP contribution in [-0.4, -0.2) is 53.8 Å². The number of carbonyl (C=O) groups excluding carboxylic acids is 2. The van der Waals surface area contributed by atoms with Crippen LogP contribution in [0.2, 0.25) is 0 Å². The van der Waals surface area contributed by atoms with E-state index in [0.29, 0.717) is 37.4 Å². The Balaban J connectivity index is 1.34. The van der Waals surface area contributed by atoms with Crippen molar-refractivity contribution in [3.05, 3.63) is 87.9 Å². The molecule has 6 rings (SSSR count). The maximum Gasteiger partial charge on any atom is 0.254 e. The van der Waals surface area contributed by atoms with Crippen molar-refractivity contribution in [3.63, 3.8) is 0 Å². The van der Waals surface area contributed by atoms with Crippen LogP contribution in [0.1, 0.15) is 58.4 Å². The van der Waals surface area contributed by atoms with Gasteiger partial charge in [0.2, 0.25) is 5.91 Å². The highest BCUT2D eigenvalue weighted by molar-refractivity contribution is 7.10. The minimum Gasteiger partial charge on any atom is -0.366 e. The first kappa shape index (κ1) is 23.2. The molecule has 2 amide bonds. The fraction of sp³-hybridized carbons (Fsp3) is 0.379. The van der Waals surface area contributed by atoms with Gasteiger partial charge < -0.3 is 14.7 Å². The van der Waals surface area contributed by atoms with Crippen molar-refractivity contribution in [2.24, 2.45) is 0 Å². The predicted molar refractivity (Wildman–Crippen MR) is 140 cm³/mol. The van der Waals surface area contributed by atoms with E-state index in [1.807, 2.05) is 56.5 Å². The first-order valence-corrected chi connectivity index (χ1v) is 13.7. The maximum absolute atomic E-state index is 14.4. The van der Waals surface area contributed by atoms with Crippen LogP contribution in [0, 0.1) is 5.82 Å². The quantitative estimate of drug-likeness (QED) is 0.475. The number of benzene rings is 2. The molecule has 0 bridgehead atoms. The lowest BCUT2D eigenvalue weighted by Crippen LogP contribution is -2.54. The van der Waals surface area contributed by atoms with Gasteiger partial charge in [-0.2, -0.15) is 0 Å². The van der Waals surface area contributed by atoms with Gasteiger partial charge in [-0.15, -0.1) is 11.3 Å². The molecule has 0 spiro atoms. The fourth-order valence-corrected chi connectivity index (χ4v) is 7.10. The molecule has 1 aliphatic carbocycles. The molecular formula is C29H30FN3O2S. The van der Waals surface area contributed by atoms with Crippen molar-refractivity contribution in [3.8, 4) is 0 Å². The van der Waals surface area contributed by atoms with Crippen LogP contribution in [0.25, 0.3) is 0 Å². The highest BCUT2D eigenvalue weighted by atomic mass is 32.1. The first-order valence-electron chi connectivity index (χ1n) is 12.9. The number of anilines is 1. The molecule has 1 aromatic heterocycles. The summed E-state index contributed by atoms with van der Waals surface area (Å²) >= 11 is 1.62. The smallest absolute Gasteiger partial charge is 0.254 e. The molecule has 3 aromatic rings. The van der Waals surface area contributed by atoms with E-state index in [9.17, 15) is 14.0 Å². The van der Waals surface area contributed by atoms with Crippen LogP contribution in [0.15, 0.2) is 66.0 Å². The Labute approximate surface area is 215 Å². The average Bonchev–Trinajstić information content (AvgIpc) is 3.64. The van der Waals surface area contributed by atoms with Crippen molar-refractivity contribution in [1.29, 1.82) is 0 Å². The van der Waals surface area contributed by atoms with Crippen LogP contribution in [0.5, 0.6) is 0 Å². The highest BCUT2D eigenvalue weighted by Crippen LogP contribution is 2.47. The van der Waals surface area contributed by atoms with E-state index in [4.69, 9.17) is 0 Å². The number of halogens is 1. The minimum atomic E-state index is -0.446. The van der Waals surface area contributed by atoms with Crippen molar-refractivity contribution >= 4 is 28.8 Å². The molecule has 2 aromatic carbocycles. The third-order valence-corrected chi connectivity index (χ3v) is 8.92. The van der Waals surface area contributed by atoms with Gasteiger partial charge in [0.25, 0.3) is 5.91 Å². The predicted octanol–water partition coefficient (Wildman–Crippen LogP) is 5.46. The van der Waals surface area contributed by atoms with Gasteiger partial charge in [-0.3, -0.25) is 9.59 Å². The van der Waals surface area contributed by atoms with E-state index in [2.05, 4.69) is 6.07 Å². The molecule has 7 heteroatoms. The van der Waals surface area contributed by atoms with Crippen molar-refractivity contribution in [2.75, 3.05) is 31.1 Å². The van der Waals surface area contributed by atoms with Crippen molar-refractivity contribution in [1.82, 2.24) is 9.80 Å². The van der Waals surface area contributed by atoms with E-state index in [1.165, 1.54) is 6.07 Å². The van der Waals surface area contributed by atoms with Crippen molar-refractivity contribution < 1.29 is 14.0 Å². The van der Waals surface area contributed by atoms with Gasteiger partial charge in [0.15, 0.2) is 0 Å². The Kier molecular flexibility index (Phi) is 6.25. The second kappa shape index (κ2) is 9.69. The summed E-state index contributed by atoms with van der Waals surface area (Å²) in [5.41, 5.74) is 2.07. The van der Waals surface area contributed by atoms with Crippen LogP contribution >= 0.6 is 11.3 Å². The molecule has 1 saturated carbocycles. The Morgan fingerprint density at radius 2 is 1.61 bits per heavy atom. The van der Waals surface area contributed by atoms with Crippen LogP contribution in [0.4, 0.5) is 10.1 Å². The van der Waals surface area contributed by atoms with Crippen LogP contribution in [-0.2, 0) is 4.79 Å². The number of hydrogen-bond acceptors (Lipinski definition) is 4. The number of hydrogen-bond donors (Lipinski definition) is 0. The number of rotatable bonds is 4. The molecule has 2 aliphatic heterocycles. The monoisotopic (exact) mass is 503 g/mol. The molecule has 0 radical (unpaired) electrons. The van der Waals surface area contributed by atoms with Gasteiger partial charge in [0.05, 0.1) is 17.6 Å². The number of nitrogens with zero attached hydrogens (tertiary/aromatic N) is 3. The Morgan fingerprint density at radius 3 is 2.33 bits per heavy atom. The van der Waals surface area contributed by atoms with Crippen LogP contribution < -0.4 is 4.90 Å². The molecule has 36 heavy (non-hydrogen) atoms. The summed E-state index contributed by atoms with van der Waals surface area (Å²) in [6.07, 6.45) is 4.20. The van der Waals surface area contributed by atoms with Gasteiger partial charge in [0.1, 0.15) is 5.82 Å². The molecule has 1 saturated heterocycles. The number of amides is 2. The van der Waals surface area contributed by atoms with Gasteiger partial charge >= 0.3 is 0 Å². The molecule has 3 heterocycles. The van der Waals surface area contributed by atoms with E-state index in [0.717, 1.165) is 36.1 Å². The number of thiophene rings is 1. The second-order valence-electron chi connectivity index (χ2n) is 9.94. The standard InChI is InChI=1S/C29H30FN3O2S/c30-23-12-5-6-13-24(23)31-15-17-32(18-16-31)29(35)26-21-10-3-4-11-22(21)28(34)33(20-8-1-2-9-20)27(26)25-14-7-19-36-25/h3-7,10-14,19-20,26-27H,1-2,8-9,15-18H2/t26-,27-/m0/s1. The molecule has 3 aliphatic rings. The SMILES string of the molecule is O=C([C@H]1c2ccccc2C(=O)N(C2CCCC2)[C@H]1c1cccs1)N1CCN(c2ccccc2F)CC1. The Bertz CT molecular complexity index is 1250. The maximum atomic E-state index is 14.4. The third-order valence-electron chi connectivity index (χ3n) is 7.98. The normalized spacial score (nSPS) is 22.7. The lowest BCUT2D eigenvalue weighted by Gasteiger charge is -2.46. The van der Waals surface area contributed by atoms with Crippen molar-refractivity contribution in [2.45, 2.75) is 43.7 Å². The largest absolute Gasteiger partial charge is 0.366 e. The van der Waals surface area contributed by atoms with Gasteiger partial charge in [-0.1, -0.05) is 49.2 Å². The van der Waals surface area contributed by atoms with E-state index < -0.39 is 5.92 Å². The number of fused-ring (bicyclic) bond motifs is 1. The lowest BCUT2D eigenvalue weighted by atomic mass is 9.80. The third kappa shape index (κ3) is 3.99. The van der Waals surface area contributed by atoms with Gasteiger partial charge in [0, 0.05) is 42.7 Å². The van der Waals surface area contributed by atoms with E-state index >= 15 is 0 Å². The minimum absolute atomic E-state index is 0.0457. The van der Waals surface area contributed by atoms with Crippen LogP contribution in [0.3, 0.4) is 0 Å². The van der Waals surface area contributed by atoms with Gasteiger partial charge in [-0.05, 0) is 48.1 Å². The summed E-state index contributed by atoms with van der Waals surface area (Å²) in [6.45, 7) is 2.21. The second-order valence-corrected chi connectivity index (χ2v) is 10.9. The van der Waals surface area contributed by atoms with E-state index in [1.54, 1.807) is 23.5 Å². The first-order chi connectivity index (χ1) is 17.6. The summed E-state index contributed by atoms with van der Waals surface area (Å²) in [7, 11) is 0. The number of piperazine rings is 1. The summed E-state index contributed by atoms with van der Waals surface area (Å²) in [5, 5.41) is 2.03. The molecular weight excluding hydrogens is 473 g/mol. The summed E-state index contributed by atoms with van der Waals surface area (Å²) in [5.74, 6) is -0.575. The summed E-state index contributed by atoms with van der Waals surface area (Å²) in [4.78, 5) is 35.2. The van der Waals surface area contributed by atoms with Gasteiger partial charge in [-0.25, -0.2) is 4.39 Å². The zero-order chi connectivity index (χ0) is 24.6. The highest BCUT2D eigenvalue weighted by Gasteiger charge is 2.48. The summed E-state index contributed by atoms with van der Waals surface area (Å²) < 4.78 is 14.4. The average molecular weight is 504 g/mol. The Hall–Kier alpha value is -3.19. The zero-order valence-electron chi connectivity index (χ0n) is 20.2. The number of para-hydroxylation sites is 1. The molecule has 2 fully saturated rings. The number of carbonyl (C=O) groups is 2. The van der Waals surface area contributed by atoms with E-state index in [-0.39, 0.29) is 29.7 Å². The fourth-order valence-electron chi connectivity index (χ4n) is 6.24. The topological polar surface area (TPSA) is 43.9 Å². The molecule has 5 nitrogen and oxygen atoms in total. The zero-order valence-corrected chi connectivity index (χ0v) is 21.0. The summed E-state index contributed by atoms with van der Waals surface area (Å²) in [6, 6.07) is 18.4. The molecule has 186 valence electrons. The lowest BCUT2D eigenvalue weighted by molar-refractivity contribution is -0.135. The molecule has 0 unspecified atom stereocenters. The molecule has 0 N–H and O–H groups in total. The molecule has 2 atom stereocenters. The Morgan fingerprint density at radius 1 is 0.889 bits per heavy atom.